The first kappa shape index (κ1) is 22.4. The lowest BCUT2D eigenvalue weighted by atomic mass is 9.85. The van der Waals surface area contributed by atoms with E-state index >= 15 is 0 Å². The summed E-state index contributed by atoms with van der Waals surface area (Å²) in [6.45, 7) is 6.52. The molecule has 2 N–H and O–H groups in total. The van der Waals surface area contributed by atoms with Gasteiger partial charge in [-0.2, -0.15) is 0 Å². The Kier molecular flexibility index (Phi) is 6.32. The van der Waals surface area contributed by atoms with Crippen molar-refractivity contribution in [2.24, 2.45) is 5.41 Å². The van der Waals surface area contributed by atoms with Gasteiger partial charge in [0.15, 0.2) is 0 Å². The summed E-state index contributed by atoms with van der Waals surface area (Å²) >= 11 is 0. The minimum absolute atomic E-state index is 0.133. The molecule has 0 bridgehead atoms. The van der Waals surface area contributed by atoms with Crippen molar-refractivity contribution in [1.82, 2.24) is 30.4 Å². The van der Waals surface area contributed by atoms with Gasteiger partial charge >= 0.3 is 0 Å². The van der Waals surface area contributed by atoms with Crippen LogP contribution >= 0.6 is 0 Å². The SMILES string of the molecule is CC(C)(C)[C@@H](C(=O)N1CC(O)CC1C(=O)NCCCc1cnoc1)n1cc(C2CC2)nn1. The van der Waals surface area contributed by atoms with Crippen molar-refractivity contribution in [3.63, 3.8) is 0 Å². The monoisotopic (exact) mass is 444 g/mol. The molecule has 3 heterocycles. The largest absolute Gasteiger partial charge is 0.391 e. The molecular weight excluding hydrogens is 412 g/mol. The third kappa shape index (κ3) is 5.01. The molecule has 2 fully saturated rings. The summed E-state index contributed by atoms with van der Waals surface area (Å²) in [6, 6.07) is -1.32. The molecule has 2 unspecified atom stereocenters. The summed E-state index contributed by atoms with van der Waals surface area (Å²) in [4.78, 5) is 28.1. The summed E-state index contributed by atoms with van der Waals surface area (Å²) in [7, 11) is 0. The van der Waals surface area contributed by atoms with E-state index in [-0.39, 0.29) is 24.8 Å². The molecule has 2 amide bonds. The average molecular weight is 445 g/mol. The number of carbonyl (C=O) groups excluding carboxylic acids is 2. The lowest BCUT2D eigenvalue weighted by molar-refractivity contribution is -0.144. The number of aromatic nitrogens is 4. The van der Waals surface area contributed by atoms with Gasteiger partial charge in [-0.1, -0.05) is 31.1 Å². The normalized spacial score (nSPS) is 22.2. The molecule has 3 atom stereocenters. The highest BCUT2D eigenvalue weighted by Gasteiger charge is 2.45. The second kappa shape index (κ2) is 9.01. The van der Waals surface area contributed by atoms with Gasteiger partial charge in [-0.25, -0.2) is 4.68 Å². The summed E-state index contributed by atoms with van der Waals surface area (Å²) in [5.41, 5.74) is 1.44. The number of carbonyl (C=O) groups is 2. The molecule has 1 saturated heterocycles. The fourth-order valence-electron chi connectivity index (χ4n) is 4.30. The molecule has 2 aromatic rings. The van der Waals surface area contributed by atoms with E-state index in [9.17, 15) is 14.7 Å². The number of aliphatic hydroxyl groups excluding tert-OH is 1. The number of rotatable bonds is 8. The predicted molar refractivity (Wildman–Crippen MR) is 114 cm³/mol. The van der Waals surface area contributed by atoms with Gasteiger partial charge in [0.1, 0.15) is 18.3 Å². The Balaban J connectivity index is 1.43. The third-order valence-electron chi connectivity index (χ3n) is 6.13. The second-order valence-corrected chi connectivity index (χ2v) is 9.99. The number of nitrogens with one attached hydrogen (secondary N) is 1. The number of nitrogens with zero attached hydrogens (tertiary/aromatic N) is 5. The predicted octanol–water partition coefficient (Wildman–Crippen LogP) is 1.44. The van der Waals surface area contributed by atoms with Gasteiger partial charge in [-0.3, -0.25) is 9.59 Å². The van der Waals surface area contributed by atoms with E-state index in [4.69, 9.17) is 4.52 Å². The smallest absolute Gasteiger partial charge is 0.248 e. The van der Waals surface area contributed by atoms with Crippen molar-refractivity contribution in [3.8, 4) is 0 Å². The van der Waals surface area contributed by atoms with Crippen molar-refractivity contribution in [2.75, 3.05) is 13.1 Å². The van der Waals surface area contributed by atoms with Crippen LogP contribution in [-0.2, 0) is 16.0 Å². The van der Waals surface area contributed by atoms with Crippen molar-refractivity contribution in [3.05, 3.63) is 29.9 Å². The molecule has 10 nitrogen and oxygen atoms in total. The Bertz CT molecular complexity index is 931. The number of amides is 2. The minimum atomic E-state index is -0.731. The highest BCUT2D eigenvalue weighted by atomic mass is 16.5. The lowest BCUT2D eigenvalue weighted by Gasteiger charge is -2.34. The molecule has 10 heteroatoms. The maximum atomic E-state index is 13.7. The number of likely N-dealkylation sites (tertiary alicyclic amines) is 1. The maximum absolute atomic E-state index is 13.7. The lowest BCUT2D eigenvalue weighted by Crippen LogP contribution is -2.50. The number of aryl methyl sites for hydroxylation is 1. The number of aliphatic hydroxyl groups is 1. The van der Waals surface area contributed by atoms with Crippen LogP contribution in [0.2, 0.25) is 0 Å². The van der Waals surface area contributed by atoms with Crippen molar-refractivity contribution in [2.45, 2.75) is 77.0 Å². The van der Waals surface area contributed by atoms with Gasteiger partial charge in [0.2, 0.25) is 11.8 Å². The van der Waals surface area contributed by atoms with Crippen LogP contribution in [0, 0.1) is 5.41 Å². The molecule has 2 aliphatic rings. The van der Waals surface area contributed by atoms with E-state index in [1.807, 2.05) is 27.0 Å². The first-order valence-corrected chi connectivity index (χ1v) is 11.3. The molecule has 0 spiro atoms. The molecule has 174 valence electrons. The van der Waals surface area contributed by atoms with Crippen molar-refractivity contribution < 1.29 is 19.2 Å². The van der Waals surface area contributed by atoms with E-state index < -0.39 is 23.6 Å². The standard InChI is InChI=1S/C22H32N6O4/c1-22(2,3)19(28-12-17(25-26-28)15-6-7-15)21(31)27-11-16(29)9-18(27)20(30)23-8-4-5-14-10-24-32-13-14/h10,12-13,15-16,18-19,29H,4-9,11H2,1-3H3,(H,23,30)/t16?,18?,19-/m1/s1. The van der Waals surface area contributed by atoms with E-state index in [1.165, 1.54) is 4.90 Å². The summed E-state index contributed by atoms with van der Waals surface area (Å²) in [5.74, 6) is -0.0273. The van der Waals surface area contributed by atoms with Gasteiger partial charge in [0, 0.05) is 37.2 Å². The van der Waals surface area contributed by atoms with Crippen LogP contribution < -0.4 is 5.32 Å². The average Bonchev–Trinajstić information content (AvgIpc) is 3.11. The topological polar surface area (TPSA) is 126 Å². The highest BCUT2D eigenvalue weighted by molar-refractivity contribution is 5.90. The van der Waals surface area contributed by atoms with E-state index in [0.29, 0.717) is 12.5 Å². The van der Waals surface area contributed by atoms with Crippen LogP contribution in [0.3, 0.4) is 0 Å². The zero-order valence-electron chi connectivity index (χ0n) is 18.9. The van der Waals surface area contributed by atoms with Crippen molar-refractivity contribution in [1.29, 1.82) is 0 Å². The Morgan fingerprint density at radius 1 is 1.34 bits per heavy atom. The van der Waals surface area contributed by atoms with E-state index in [1.54, 1.807) is 17.1 Å². The van der Waals surface area contributed by atoms with Crippen LogP contribution in [-0.4, -0.2) is 67.2 Å². The van der Waals surface area contributed by atoms with Gasteiger partial charge in [0.05, 0.1) is 18.0 Å². The number of β-amino-alcohol motifs (C(OH)–C–C–N with tert-alkyl or cyclic N) is 1. The quantitative estimate of drug-likeness (QED) is 0.590. The fraction of sp³-hybridized carbons (Fsp3) is 0.682. The van der Waals surface area contributed by atoms with E-state index in [2.05, 4.69) is 20.8 Å². The molecule has 2 aromatic heterocycles. The molecule has 32 heavy (non-hydrogen) atoms. The molecule has 0 aromatic carbocycles. The Morgan fingerprint density at radius 2 is 2.12 bits per heavy atom. The summed E-state index contributed by atoms with van der Waals surface area (Å²) in [6.07, 6.45) is 8.26. The zero-order chi connectivity index (χ0) is 22.9. The Labute approximate surface area is 187 Å². The minimum Gasteiger partial charge on any atom is -0.391 e. The molecule has 0 radical (unpaired) electrons. The second-order valence-electron chi connectivity index (χ2n) is 9.99. The van der Waals surface area contributed by atoms with Gasteiger partial charge in [0.25, 0.3) is 0 Å². The van der Waals surface area contributed by atoms with Crippen LogP contribution in [0.4, 0.5) is 0 Å². The maximum Gasteiger partial charge on any atom is 0.248 e. The first-order chi connectivity index (χ1) is 15.2. The Hall–Kier alpha value is -2.75. The van der Waals surface area contributed by atoms with Crippen LogP contribution in [0.15, 0.2) is 23.2 Å². The van der Waals surface area contributed by atoms with Crippen LogP contribution in [0.1, 0.15) is 69.7 Å². The number of hydrogen-bond acceptors (Lipinski definition) is 7. The summed E-state index contributed by atoms with van der Waals surface area (Å²) < 4.78 is 6.44. The third-order valence-corrected chi connectivity index (χ3v) is 6.13. The van der Waals surface area contributed by atoms with Gasteiger partial charge < -0.3 is 19.8 Å². The first-order valence-electron chi connectivity index (χ1n) is 11.3. The molecule has 1 aliphatic carbocycles. The molecule has 4 rings (SSSR count). The zero-order valence-corrected chi connectivity index (χ0v) is 18.9. The molecule has 1 saturated carbocycles. The van der Waals surface area contributed by atoms with E-state index in [0.717, 1.165) is 36.9 Å². The molecular formula is C22H32N6O4. The van der Waals surface area contributed by atoms with Crippen LogP contribution in [0.5, 0.6) is 0 Å². The highest BCUT2D eigenvalue weighted by Crippen LogP contribution is 2.40. The van der Waals surface area contributed by atoms with Crippen molar-refractivity contribution >= 4 is 11.8 Å². The number of hydrogen-bond donors (Lipinski definition) is 2. The van der Waals surface area contributed by atoms with Gasteiger partial charge in [-0.15, -0.1) is 5.10 Å². The Morgan fingerprint density at radius 3 is 2.78 bits per heavy atom. The fourth-order valence-corrected chi connectivity index (χ4v) is 4.30. The molecule has 1 aliphatic heterocycles. The summed E-state index contributed by atoms with van der Waals surface area (Å²) in [5, 5.41) is 25.4. The van der Waals surface area contributed by atoms with Crippen LogP contribution in [0.25, 0.3) is 0 Å². The van der Waals surface area contributed by atoms with Gasteiger partial charge in [-0.05, 0) is 31.1 Å².